The van der Waals surface area contributed by atoms with Gasteiger partial charge in [-0.2, -0.15) is 5.10 Å². The molecule has 1 aromatic heterocycles. The molecule has 1 aromatic carbocycles. The Balaban J connectivity index is 2.60. The number of hydrogen-bond acceptors (Lipinski definition) is 3. The monoisotopic (exact) mass is 337 g/mol. The van der Waals surface area contributed by atoms with Gasteiger partial charge >= 0.3 is 0 Å². The number of nitrogens with two attached hydrogens (primary N) is 1. The van der Waals surface area contributed by atoms with Gasteiger partial charge in [-0.3, -0.25) is 4.68 Å². The van der Waals surface area contributed by atoms with Crippen molar-refractivity contribution in [3.8, 4) is 17.0 Å². The first kappa shape index (κ1) is 14.9. The van der Waals surface area contributed by atoms with E-state index in [9.17, 15) is 0 Å². The van der Waals surface area contributed by atoms with E-state index in [1.165, 1.54) is 0 Å². The number of aryl methyl sites for hydroxylation is 1. The molecule has 0 radical (unpaired) electrons. The first-order chi connectivity index (χ1) is 9.43. The van der Waals surface area contributed by atoms with Gasteiger partial charge in [0, 0.05) is 22.6 Å². The highest BCUT2D eigenvalue weighted by Gasteiger charge is 2.18. The summed E-state index contributed by atoms with van der Waals surface area (Å²) >= 11 is 3.58. The van der Waals surface area contributed by atoms with Crippen molar-refractivity contribution in [3.63, 3.8) is 0 Å². The number of nitrogens with zero attached hydrogens (tertiary/aromatic N) is 2. The summed E-state index contributed by atoms with van der Waals surface area (Å²) in [5.74, 6) is 2.05. The lowest BCUT2D eigenvalue weighted by molar-refractivity contribution is 0.415. The topological polar surface area (TPSA) is 53.1 Å². The summed E-state index contributed by atoms with van der Waals surface area (Å²) in [6, 6.07) is 5.87. The molecule has 4 nitrogen and oxygen atoms in total. The molecule has 0 atom stereocenters. The second-order valence-electron chi connectivity index (χ2n) is 5.28. The first-order valence-electron chi connectivity index (χ1n) is 6.59. The number of anilines is 1. The van der Waals surface area contributed by atoms with Gasteiger partial charge < -0.3 is 10.5 Å². The Hall–Kier alpha value is -1.49. The molecule has 108 valence electrons. The summed E-state index contributed by atoms with van der Waals surface area (Å²) in [6.45, 7) is 4.35. The van der Waals surface area contributed by atoms with Crippen LogP contribution in [-0.2, 0) is 13.5 Å². The van der Waals surface area contributed by atoms with Crippen molar-refractivity contribution in [3.05, 3.63) is 28.2 Å². The minimum absolute atomic E-state index is 0.518. The molecule has 5 heteroatoms. The Labute approximate surface area is 128 Å². The molecule has 2 aromatic rings. The maximum atomic E-state index is 6.16. The van der Waals surface area contributed by atoms with E-state index in [2.05, 4.69) is 34.9 Å². The van der Waals surface area contributed by atoms with Crippen molar-refractivity contribution in [2.75, 3.05) is 12.8 Å². The van der Waals surface area contributed by atoms with Gasteiger partial charge in [-0.25, -0.2) is 0 Å². The molecule has 0 aliphatic carbocycles. The van der Waals surface area contributed by atoms with E-state index in [0.29, 0.717) is 5.92 Å². The number of ether oxygens (including phenoxy) is 1. The molecule has 0 aliphatic heterocycles. The van der Waals surface area contributed by atoms with E-state index < -0.39 is 0 Å². The van der Waals surface area contributed by atoms with E-state index in [0.717, 1.165) is 39.3 Å². The van der Waals surface area contributed by atoms with E-state index in [4.69, 9.17) is 10.5 Å². The van der Waals surface area contributed by atoms with Gasteiger partial charge in [0.05, 0.1) is 12.8 Å². The van der Waals surface area contributed by atoms with Gasteiger partial charge in [0.2, 0.25) is 0 Å². The van der Waals surface area contributed by atoms with Crippen LogP contribution < -0.4 is 10.5 Å². The van der Waals surface area contributed by atoms with Crippen LogP contribution in [0.5, 0.6) is 5.75 Å². The Morgan fingerprint density at radius 3 is 2.70 bits per heavy atom. The largest absolute Gasteiger partial charge is 0.497 e. The van der Waals surface area contributed by atoms with Crippen LogP contribution in [-0.4, -0.2) is 16.9 Å². The predicted octanol–water partition coefficient (Wildman–Crippen LogP) is 3.64. The molecule has 20 heavy (non-hydrogen) atoms. The van der Waals surface area contributed by atoms with Gasteiger partial charge in [-0.05, 0) is 30.5 Å². The first-order valence-corrected chi connectivity index (χ1v) is 7.38. The van der Waals surface area contributed by atoms with Crippen molar-refractivity contribution < 1.29 is 4.74 Å². The fourth-order valence-electron chi connectivity index (χ4n) is 2.22. The Kier molecular flexibility index (Phi) is 4.38. The van der Waals surface area contributed by atoms with Crippen LogP contribution in [0.15, 0.2) is 22.7 Å². The normalized spacial score (nSPS) is 11.1. The Morgan fingerprint density at radius 2 is 2.10 bits per heavy atom. The molecule has 0 saturated carbocycles. The minimum atomic E-state index is 0.518. The Morgan fingerprint density at radius 1 is 1.40 bits per heavy atom. The smallest absolute Gasteiger partial charge is 0.125 e. The molecule has 0 unspecified atom stereocenters. The van der Waals surface area contributed by atoms with E-state index in [1.807, 2.05) is 25.2 Å². The van der Waals surface area contributed by atoms with Crippen LogP contribution in [0, 0.1) is 5.92 Å². The van der Waals surface area contributed by atoms with Crippen LogP contribution in [0.4, 0.5) is 5.82 Å². The number of hydrogen-bond donors (Lipinski definition) is 1. The zero-order chi connectivity index (χ0) is 14.9. The fourth-order valence-corrected chi connectivity index (χ4v) is 2.65. The minimum Gasteiger partial charge on any atom is -0.497 e. The van der Waals surface area contributed by atoms with Crippen LogP contribution in [0.2, 0.25) is 0 Å². The highest BCUT2D eigenvalue weighted by Crippen LogP contribution is 2.35. The molecule has 0 amide bonds. The van der Waals surface area contributed by atoms with Gasteiger partial charge in [0.1, 0.15) is 11.6 Å². The van der Waals surface area contributed by atoms with Crippen LogP contribution in [0.25, 0.3) is 11.3 Å². The SMILES string of the molecule is COc1ccc(Br)c(-c2nn(C)c(N)c2CC(C)C)c1. The lowest BCUT2D eigenvalue weighted by Gasteiger charge is -2.09. The standard InChI is InChI=1S/C15H20BrN3O/c1-9(2)7-12-14(18-19(3)15(12)17)11-8-10(20-4)5-6-13(11)16/h5-6,8-9H,7,17H2,1-4H3. The fraction of sp³-hybridized carbons (Fsp3) is 0.400. The highest BCUT2D eigenvalue weighted by atomic mass is 79.9. The Bertz CT molecular complexity index is 620. The van der Waals surface area contributed by atoms with Crippen molar-refractivity contribution in [2.45, 2.75) is 20.3 Å². The average Bonchev–Trinajstić information content (AvgIpc) is 2.67. The maximum absolute atomic E-state index is 6.16. The lowest BCUT2D eigenvalue weighted by atomic mass is 9.99. The number of aromatic nitrogens is 2. The predicted molar refractivity (Wildman–Crippen MR) is 85.9 cm³/mol. The molecular weight excluding hydrogens is 318 g/mol. The van der Waals surface area contributed by atoms with E-state index in [-0.39, 0.29) is 0 Å². The van der Waals surface area contributed by atoms with Crippen molar-refractivity contribution in [2.24, 2.45) is 13.0 Å². The number of halogens is 1. The summed E-state index contributed by atoms with van der Waals surface area (Å²) in [5, 5.41) is 4.58. The maximum Gasteiger partial charge on any atom is 0.125 e. The number of benzene rings is 1. The van der Waals surface area contributed by atoms with Crippen molar-refractivity contribution >= 4 is 21.7 Å². The summed E-state index contributed by atoms with van der Waals surface area (Å²) in [5.41, 5.74) is 9.19. The van der Waals surface area contributed by atoms with Crippen LogP contribution in [0.1, 0.15) is 19.4 Å². The second-order valence-corrected chi connectivity index (χ2v) is 6.13. The van der Waals surface area contributed by atoms with Gasteiger partial charge in [0.25, 0.3) is 0 Å². The molecule has 0 spiro atoms. The van der Waals surface area contributed by atoms with Crippen molar-refractivity contribution in [1.82, 2.24) is 9.78 Å². The summed E-state index contributed by atoms with van der Waals surface area (Å²) in [4.78, 5) is 0. The third-order valence-corrected chi connectivity index (χ3v) is 3.93. The number of rotatable bonds is 4. The lowest BCUT2D eigenvalue weighted by Crippen LogP contribution is -2.02. The highest BCUT2D eigenvalue weighted by molar-refractivity contribution is 9.10. The average molecular weight is 338 g/mol. The van der Waals surface area contributed by atoms with Gasteiger partial charge in [-0.1, -0.05) is 29.8 Å². The molecular formula is C15H20BrN3O. The second kappa shape index (κ2) is 5.87. The molecule has 2 rings (SSSR count). The molecule has 0 bridgehead atoms. The van der Waals surface area contributed by atoms with Crippen molar-refractivity contribution in [1.29, 1.82) is 0 Å². The molecule has 0 fully saturated rings. The molecule has 1 heterocycles. The third kappa shape index (κ3) is 2.82. The van der Waals surface area contributed by atoms with Gasteiger partial charge in [0.15, 0.2) is 0 Å². The zero-order valence-corrected chi connectivity index (χ0v) is 13.9. The molecule has 0 aliphatic rings. The quantitative estimate of drug-likeness (QED) is 0.926. The number of nitrogen functional groups attached to an aromatic ring is 1. The molecule has 0 saturated heterocycles. The van der Waals surface area contributed by atoms with Gasteiger partial charge in [-0.15, -0.1) is 0 Å². The van der Waals surface area contributed by atoms with Crippen LogP contribution in [0.3, 0.4) is 0 Å². The summed E-state index contributed by atoms with van der Waals surface area (Å²) in [6.07, 6.45) is 0.901. The molecule has 2 N–H and O–H groups in total. The third-order valence-electron chi connectivity index (χ3n) is 3.23. The van der Waals surface area contributed by atoms with Crippen LogP contribution >= 0.6 is 15.9 Å². The number of methoxy groups -OCH3 is 1. The van der Waals surface area contributed by atoms with E-state index in [1.54, 1.807) is 11.8 Å². The van der Waals surface area contributed by atoms with E-state index >= 15 is 0 Å². The zero-order valence-electron chi connectivity index (χ0n) is 12.3. The summed E-state index contributed by atoms with van der Waals surface area (Å²) < 4.78 is 8.03. The summed E-state index contributed by atoms with van der Waals surface area (Å²) in [7, 11) is 3.53.